The van der Waals surface area contributed by atoms with E-state index in [0.717, 1.165) is 5.56 Å². The van der Waals surface area contributed by atoms with Crippen LogP contribution in [-0.4, -0.2) is 52.0 Å². The Balaban J connectivity index is 2.25. The first-order chi connectivity index (χ1) is 15.7. The molecule has 2 heterocycles. The summed E-state index contributed by atoms with van der Waals surface area (Å²) in [7, 11) is 1.52. The Morgan fingerprint density at radius 1 is 1.33 bits per heavy atom. The van der Waals surface area contributed by atoms with E-state index in [-0.39, 0.29) is 28.4 Å². The predicted octanol–water partition coefficient (Wildman–Crippen LogP) is 3.18. The van der Waals surface area contributed by atoms with E-state index >= 15 is 4.39 Å². The number of fused-ring (bicyclic) bond motifs is 1. The van der Waals surface area contributed by atoms with Crippen molar-refractivity contribution in [1.82, 2.24) is 14.5 Å². The lowest BCUT2D eigenvalue weighted by atomic mass is 9.97. The first-order valence-corrected chi connectivity index (χ1v) is 10.7. The van der Waals surface area contributed by atoms with Crippen LogP contribution in [0.15, 0.2) is 46.6 Å². The summed E-state index contributed by atoms with van der Waals surface area (Å²) in [6.45, 7) is 7.37. The van der Waals surface area contributed by atoms with Crippen LogP contribution in [0, 0.1) is 12.7 Å². The fraction of sp³-hybridized carbons (Fsp3) is 0.333. The number of aliphatic hydroxyl groups excluding tert-OH is 1. The summed E-state index contributed by atoms with van der Waals surface area (Å²) in [6.07, 6.45) is 3.98. The number of anilines is 1. The van der Waals surface area contributed by atoms with Crippen LogP contribution >= 0.6 is 0 Å². The smallest absolute Gasteiger partial charge is 0.263 e. The van der Waals surface area contributed by atoms with Gasteiger partial charge in [0, 0.05) is 26.0 Å². The largest absolute Gasteiger partial charge is 0.388 e. The topological polar surface area (TPSA) is 91.0 Å². The number of hydrazone groups is 1. The maximum atomic E-state index is 15.2. The van der Waals surface area contributed by atoms with E-state index in [0.29, 0.717) is 29.7 Å². The molecule has 3 aromatic rings. The number of aryl methyl sites for hydroxylation is 1. The number of aliphatic hydroxyl groups is 1. The van der Waals surface area contributed by atoms with Gasteiger partial charge in [-0.3, -0.25) is 29.0 Å². The first-order valence-electron chi connectivity index (χ1n) is 10.7. The molecule has 174 valence electrons. The van der Waals surface area contributed by atoms with Gasteiger partial charge in [0.2, 0.25) is 6.41 Å². The number of aromatic nitrogens is 2. The number of amides is 1. The molecule has 9 heteroatoms. The van der Waals surface area contributed by atoms with E-state index in [9.17, 15) is 14.7 Å². The lowest BCUT2D eigenvalue weighted by Crippen LogP contribution is -2.34. The van der Waals surface area contributed by atoms with Gasteiger partial charge in [0.15, 0.2) is 5.84 Å². The summed E-state index contributed by atoms with van der Waals surface area (Å²) in [6, 6.07) is 6.35. The SMILES string of the molecule is CCN(C=O)/C(CO)=N\N(C)c1cc2c(C(C)C)cn(-c3cccnc3C)c(=O)c2cc1F. The number of halogens is 1. The minimum absolute atomic E-state index is 0.0436. The Bertz CT molecular complexity index is 1270. The molecule has 1 N–H and O–H groups in total. The van der Waals surface area contributed by atoms with Crippen molar-refractivity contribution >= 4 is 28.7 Å². The van der Waals surface area contributed by atoms with E-state index in [1.807, 2.05) is 20.8 Å². The molecule has 0 atom stereocenters. The van der Waals surface area contributed by atoms with Crippen LogP contribution in [0.3, 0.4) is 0 Å². The third-order valence-corrected chi connectivity index (χ3v) is 5.53. The predicted molar refractivity (Wildman–Crippen MR) is 127 cm³/mol. The molecule has 2 aromatic heterocycles. The number of likely N-dealkylation sites (N-methyl/N-ethyl adjacent to an activating group) is 1. The number of carbonyl (C=O) groups excluding carboxylic acids is 1. The van der Waals surface area contributed by atoms with Crippen molar-refractivity contribution in [3.05, 3.63) is 64.1 Å². The second-order valence-electron chi connectivity index (χ2n) is 7.96. The summed E-state index contributed by atoms with van der Waals surface area (Å²) in [5.41, 5.74) is 1.95. The molecule has 0 aliphatic carbocycles. The molecule has 0 radical (unpaired) electrons. The number of hydrogen-bond acceptors (Lipinski definition) is 6. The van der Waals surface area contributed by atoms with Crippen molar-refractivity contribution in [3.63, 3.8) is 0 Å². The lowest BCUT2D eigenvalue weighted by molar-refractivity contribution is -0.114. The highest BCUT2D eigenvalue weighted by molar-refractivity contribution is 5.93. The van der Waals surface area contributed by atoms with Gasteiger partial charge in [-0.25, -0.2) is 4.39 Å². The molecular formula is C24H28FN5O3. The number of pyridine rings is 2. The number of hydrogen-bond donors (Lipinski definition) is 1. The second kappa shape index (κ2) is 9.91. The van der Waals surface area contributed by atoms with Gasteiger partial charge in [-0.2, -0.15) is 5.10 Å². The quantitative estimate of drug-likeness (QED) is 0.257. The molecule has 0 spiro atoms. The van der Waals surface area contributed by atoms with Gasteiger partial charge in [-0.1, -0.05) is 13.8 Å². The molecule has 0 fully saturated rings. The zero-order valence-electron chi connectivity index (χ0n) is 19.4. The molecule has 0 saturated carbocycles. The van der Waals surface area contributed by atoms with Gasteiger partial charge >= 0.3 is 0 Å². The van der Waals surface area contributed by atoms with Crippen molar-refractivity contribution in [1.29, 1.82) is 0 Å². The normalized spacial score (nSPS) is 11.8. The molecule has 1 amide bonds. The van der Waals surface area contributed by atoms with Crippen LogP contribution in [0.4, 0.5) is 10.1 Å². The minimum Gasteiger partial charge on any atom is -0.388 e. The van der Waals surface area contributed by atoms with E-state index in [4.69, 9.17) is 0 Å². The maximum absolute atomic E-state index is 15.2. The zero-order valence-corrected chi connectivity index (χ0v) is 19.4. The fourth-order valence-electron chi connectivity index (χ4n) is 3.72. The van der Waals surface area contributed by atoms with E-state index in [1.54, 1.807) is 37.5 Å². The highest BCUT2D eigenvalue weighted by Gasteiger charge is 2.19. The van der Waals surface area contributed by atoms with Crippen LogP contribution < -0.4 is 10.6 Å². The van der Waals surface area contributed by atoms with Crippen molar-refractivity contribution in [2.45, 2.75) is 33.6 Å². The Morgan fingerprint density at radius 2 is 2.06 bits per heavy atom. The number of benzene rings is 1. The summed E-state index contributed by atoms with van der Waals surface area (Å²) in [4.78, 5) is 30.0. The Hall–Kier alpha value is -3.59. The average molecular weight is 454 g/mol. The van der Waals surface area contributed by atoms with E-state index < -0.39 is 12.4 Å². The highest BCUT2D eigenvalue weighted by atomic mass is 19.1. The molecule has 8 nitrogen and oxygen atoms in total. The Labute approximate surface area is 191 Å². The average Bonchev–Trinajstić information content (AvgIpc) is 2.79. The second-order valence-corrected chi connectivity index (χ2v) is 7.96. The molecule has 3 rings (SSSR count). The number of nitrogens with zero attached hydrogens (tertiary/aromatic N) is 5. The fourth-order valence-corrected chi connectivity index (χ4v) is 3.72. The summed E-state index contributed by atoms with van der Waals surface area (Å²) >= 11 is 0. The Morgan fingerprint density at radius 3 is 2.64 bits per heavy atom. The van der Waals surface area contributed by atoms with Crippen molar-refractivity contribution in [2.24, 2.45) is 5.10 Å². The molecule has 33 heavy (non-hydrogen) atoms. The number of carbonyl (C=O) groups is 1. The van der Waals surface area contributed by atoms with Gasteiger partial charge in [0.05, 0.1) is 22.5 Å². The monoisotopic (exact) mass is 453 g/mol. The van der Waals surface area contributed by atoms with Crippen LogP contribution in [0.25, 0.3) is 16.5 Å². The molecule has 0 aliphatic heterocycles. The first kappa shape index (κ1) is 24.1. The molecule has 1 aromatic carbocycles. The van der Waals surface area contributed by atoms with E-state index in [1.165, 1.54) is 27.6 Å². The van der Waals surface area contributed by atoms with Gasteiger partial charge in [0.25, 0.3) is 5.56 Å². The summed E-state index contributed by atoms with van der Waals surface area (Å²) in [5.74, 6) is -0.518. The molecule has 0 aliphatic rings. The molecular weight excluding hydrogens is 425 g/mol. The van der Waals surface area contributed by atoms with Crippen molar-refractivity contribution < 1.29 is 14.3 Å². The van der Waals surface area contributed by atoms with Crippen molar-refractivity contribution in [3.8, 4) is 5.69 Å². The van der Waals surface area contributed by atoms with Crippen LogP contribution in [0.1, 0.15) is 37.9 Å². The number of amidine groups is 1. The number of rotatable bonds is 7. The summed E-state index contributed by atoms with van der Waals surface area (Å²) < 4.78 is 16.7. The molecule has 0 unspecified atom stereocenters. The van der Waals surface area contributed by atoms with Crippen LogP contribution in [-0.2, 0) is 4.79 Å². The van der Waals surface area contributed by atoms with Crippen LogP contribution in [0.5, 0.6) is 0 Å². The zero-order chi connectivity index (χ0) is 24.3. The van der Waals surface area contributed by atoms with Gasteiger partial charge in [-0.15, -0.1) is 0 Å². The third kappa shape index (κ3) is 4.63. The molecule has 0 bridgehead atoms. The van der Waals surface area contributed by atoms with Gasteiger partial charge in [-0.05, 0) is 55.0 Å². The standard InChI is InChI=1S/C24H28FN5O3/c1-6-29(14-32)23(13-31)27-28(5)22-11-17-18(10-20(22)25)24(33)30(12-19(17)15(2)3)21-8-7-9-26-16(21)4/h7-12,14-15,31H,6,13H2,1-5H3/b27-23-. The minimum atomic E-state index is -0.646. The molecule has 0 saturated heterocycles. The van der Waals surface area contributed by atoms with Gasteiger partial charge < -0.3 is 5.11 Å². The third-order valence-electron chi connectivity index (χ3n) is 5.53. The summed E-state index contributed by atoms with van der Waals surface area (Å²) in [5, 5.41) is 15.9. The maximum Gasteiger partial charge on any atom is 0.263 e. The van der Waals surface area contributed by atoms with Crippen LogP contribution in [0.2, 0.25) is 0 Å². The van der Waals surface area contributed by atoms with Gasteiger partial charge in [0.1, 0.15) is 12.4 Å². The highest BCUT2D eigenvalue weighted by Crippen LogP contribution is 2.30. The lowest BCUT2D eigenvalue weighted by Gasteiger charge is -2.22. The van der Waals surface area contributed by atoms with E-state index in [2.05, 4.69) is 10.1 Å². The Kier molecular flexibility index (Phi) is 7.23. The van der Waals surface area contributed by atoms with Crippen molar-refractivity contribution in [2.75, 3.05) is 25.2 Å².